The van der Waals surface area contributed by atoms with Gasteiger partial charge in [0.1, 0.15) is 12.3 Å². The number of fused-ring (bicyclic) bond motifs is 2. The van der Waals surface area contributed by atoms with Crippen molar-refractivity contribution in [3.63, 3.8) is 0 Å². The lowest BCUT2D eigenvalue weighted by Gasteiger charge is -2.34. The molecule has 0 spiro atoms. The van der Waals surface area contributed by atoms with E-state index in [2.05, 4.69) is 25.4 Å². The van der Waals surface area contributed by atoms with Gasteiger partial charge in [0.05, 0.1) is 29.6 Å². The number of aromatic nitrogens is 3. The second-order valence-corrected chi connectivity index (χ2v) is 14.6. The molecular formula is C38H40N10O7. The maximum atomic E-state index is 13.5. The number of carbonyl (C=O) groups is 4. The monoisotopic (exact) mass is 748 g/mol. The number of oxazole rings is 1. The largest absolute Gasteiger partial charge is 0.422 e. The fraction of sp³-hybridized carbons (Fsp3) is 0.395. The summed E-state index contributed by atoms with van der Waals surface area (Å²) in [6.45, 7) is 6.76. The van der Waals surface area contributed by atoms with Crippen molar-refractivity contribution in [1.82, 2.24) is 30.1 Å². The molecule has 4 aromatic rings. The van der Waals surface area contributed by atoms with E-state index in [1.54, 1.807) is 28.3 Å². The third-order valence-electron chi connectivity index (χ3n) is 10.9. The number of β-amino-alcohol motifs (C(OH)–C–C–N with tert-alkyl or cyclic N) is 1. The summed E-state index contributed by atoms with van der Waals surface area (Å²) in [5, 5.41) is 17.3. The number of piperidine rings is 1. The molecule has 1 aromatic carbocycles. The smallest absolute Gasteiger partial charge is 0.300 e. The summed E-state index contributed by atoms with van der Waals surface area (Å²) >= 11 is 0. The van der Waals surface area contributed by atoms with E-state index >= 15 is 0 Å². The molecule has 8 heterocycles. The normalized spacial score (nSPS) is 21.6. The Labute approximate surface area is 315 Å². The average molecular weight is 749 g/mol. The van der Waals surface area contributed by atoms with Crippen molar-refractivity contribution in [2.45, 2.75) is 51.4 Å². The predicted octanol–water partition coefficient (Wildman–Crippen LogP) is 1.85. The Morgan fingerprint density at radius 1 is 1.02 bits per heavy atom. The standard InChI is InChI=1S/C38H40N10O7/c1-22-15-25(7-9-39-22)48-18-24(21-54-48)35(51)40-29-16-31-33(42-34(29)46-10-8-26(49)19-46)43-38(55-31)45-13-11-44(12-14-45)17-23-3-2-4-27-28(23)20-47(37(27)53)30-5-6-32(50)41-36(30)52/h2-4,7,9,15-16,21,26,30,49H,5-6,8,10-14,17-20H2,1H3,(H,40,51)(H,41,50,52)/t26-,30?/m1/s1. The van der Waals surface area contributed by atoms with Gasteiger partial charge < -0.3 is 34.4 Å². The van der Waals surface area contributed by atoms with Crippen molar-refractivity contribution in [3.8, 4) is 0 Å². The molecule has 3 fully saturated rings. The number of benzene rings is 1. The van der Waals surface area contributed by atoms with E-state index in [1.807, 2.05) is 36.1 Å². The van der Waals surface area contributed by atoms with Crippen molar-refractivity contribution in [1.29, 1.82) is 0 Å². The van der Waals surface area contributed by atoms with Crippen molar-refractivity contribution < 1.29 is 33.5 Å². The van der Waals surface area contributed by atoms with Crippen LogP contribution in [0.1, 0.15) is 46.4 Å². The van der Waals surface area contributed by atoms with Gasteiger partial charge in [0.2, 0.25) is 17.5 Å². The van der Waals surface area contributed by atoms with Gasteiger partial charge in [0.25, 0.3) is 17.8 Å². The Balaban J connectivity index is 0.877. The first kappa shape index (κ1) is 34.7. The van der Waals surface area contributed by atoms with Crippen LogP contribution >= 0.6 is 0 Å². The number of anilines is 4. The van der Waals surface area contributed by atoms with Gasteiger partial charge in [0, 0.05) is 82.3 Å². The molecule has 17 nitrogen and oxygen atoms in total. The first-order valence-electron chi connectivity index (χ1n) is 18.5. The summed E-state index contributed by atoms with van der Waals surface area (Å²) in [5.74, 6) is -0.743. The highest BCUT2D eigenvalue weighted by Crippen LogP contribution is 2.35. The van der Waals surface area contributed by atoms with Gasteiger partial charge >= 0.3 is 0 Å². The molecule has 4 amide bonds. The minimum Gasteiger partial charge on any atom is -0.422 e. The zero-order valence-corrected chi connectivity index (χ0v) is 30.2. The summed E-state index contributed by atoms with van der Waals surface area (Å²) in [6.07, 6.45) is 3.74. The molecule has 9 rings (SSSR count). The highest BCUT2D eigenvalue weighted by molar-refractivity contribution is 6.07. The summed E-state index contributed by atoms with van der Waals surface area (Å²) in [5.41, 5.74) is 5.88. The number of nitrogens with one attached hydrogen (secondary N) is 2. The van der Waals surface area contributed by atoms with Gasteiger partial charge in [-0.15, -0.1) is 0 Å². The number of rotatable bonds is 8. The van der Waals surface area contributed by atoms with Crippen LogP contribution in [-0.4, -0.2) is 111 Å². The minimum atomic E-state index is -0.655. The van der Waals surface area contributed by atoms with Crippen LogP contribution in [0.5, 0.6) is 0 Å². The fourth-order valence-electron chi connectivity index (χ4n) is 7.90. The number of hydrogen-bond acceptors (Lipinski definition) is 14. The number of amides is 4. The van der Waals surface area contributed by atoms with Crippen LogP contribution in [0.15, 0.2) is 58.8 Å². The van der Waals surface area contributed by atoms with Crippen LogP contribution in [-0.2, 0) is 32.3 Å². The van der Waals surface area contributed by atoms with Crippen molar-refractivity contribution in [2.24, 2.45) is 0 Å². The fourth-order valence-corrected chi connectivity index (χ4v) is 7.90. The lowest BCUT2D eigenvalue weighted by Crippen LogP contribution is -2.52. The Bertz CT molecular complexity index is 2250. The molecule has 284 valence electrons. The van der Waals surface area contributed by atoms with Crippen molar-refractivity contribution in [3.05, 3.63) is 76.8 Å². The molecule has 0 aliphatic carbocycles. The van der Waals surface area contributed by atoms with E-state index in [0.29, 0.717) is 105 Å². The van der Waals surface area contributed by atoms with E-state index < -0.39 is 18.1 Å². The second kappa shape index (κ2) is 14.0. The van der Waals surface area contributed by atoms with Gasteiger partial charge in [-0.25, -0.2) is 10.0 Å². The quantitative estimate of drug-likeness (QED) is 0.222. The lowest BCUT2D eigenvalue weighted by molar-refractivity contribution is -0.137. The Morgan fingerprint density at radius 3 is 2.65 bits per heavy atom. The van der Waals surface area contributed by atoms with E-state index in [0.717, 1.165) is 22.5 Å². The van der Waals surface area contributed by atoms with Crippen molar-refractivity contribution >= 4 is 58.1 Å². The summed E-state index contributed by atoms with van der Waals surface area (Å²) in [7, 11) is 0. The molecule has 0 radical (unpaired) electrons. The van der Waals surface area contributed by atoms with Gasteiger partial charge in [-0.05, 0) is 49.1 Å². The maximum absolute atomic E-state index is 13.5. The third-order valence-corrected chi connectivity index (χ3v) is 10.9. The number of aliphatic hydroxyl groups excluding tert-OH is 1. The zero-order chi connectivity index (χ0) is 37.8. The molecule has 3 saturated heterocycles. The van der Waals surface area contributed by atoms with Crippen LogP contribution in [0, 0.1) is 6.92 Å². The lowest BCUT2D eigenvalue weighted by atomic mass is 10.0. The number of hydrogen-bond donors (Lipinski definition) is 3. The summed E-state index contributed by atoms with van der Waals surface area (Å²) in [4.78, 5) is 78.5. The van der Waals surface area contributed by atoms with Crippen LogP contribution in [0.4, 0.5) is 23.2 Å². The second-order valence-electron chi connectivity index (χ2n) is 14.6. The van der Waals surface area contributed by atoms with E-state index in [4.69, 9.17) is 19.2 Å². The number of carbonyl (C=O) groups excluding carboxylic acids is 4. The van der Waals surface area contributed by atoms with E-state index in [1.165, 1.54) is 6.26 Å². The molecule has 2 atom stereocenters. The predicted molar refractivity (Wildman–Crippen MR) is 199 cm³/mol. The highest BCUT2D eigenvalue weighted by Gasteiger charge is 2.40. The minimum absolute atomic E-state index is 0.181. The highest BCUT2D eigenvalue weighted by atomic mass is 16.7. The third kappa shape index (κ3) is 6.69. The first-order chi connectivity index (χ1) is 26.7. The molecule has 17 heteroatoms. The van der Waals surface area contributed by atoms with Gasteiger partial charge in [0.15, 0.2) is 11.4 Å². The summed E-state index contributed by atoms with van der Waals surface area (Å²) < 4.78 is 6.26. The van der Waals surface area contributed by atoms with Crippen LogP contribution in [0.25, 0.3) is 11.2 Å². The SMILES string of the molecule is Cc1cc(N2CC(C(=O)Nc3cc4oc(N5CCN(Cc6cccc7c6CN(C6CCC(=O)NC6=O)C7=O)CC5)nc4nc3N3CC[C@@H](O)C3)=CO2)ccn1. The molecule has 5 aliphatic heterocycles. The molecular weight excluding hydrogens is 708 g/mol. The van der Waals surface area contributed by atoms with Crippen LogP contribution in [0.3, 0.4) is 0 Å². The molecule has 0 saturated carbocycles. The number of aliphatic hydroxyl groups is 1. The topological polar surface area (TPSA) is 190 Å². The number of hydroxylamine groups is 1. The average Bonchev–Trinajstić information content (AvgIpc) is 3.99. The number of pyridine rings is 2. The van der Waals surface area contributed by atoms with E-state index in [9.17, 15) is 24.3 Å². The molecule has 3 N–H and O–H groups in total. The van der Waals surface area contributed by atoms with Crippen LogP contribution in [0.2, 0.25) is 0 Å². The van der Waals surface area contributed by atoms with Gasteiger partial charge in [-0.2, -0.15) is 4.98 Å². The van der Waals surface area contributed by atoms with Crippen LogP contribution < -0.4 is 25.5 Å². The van der Waals surface area contributed by atoms with Crippen molar-refractivity contribution in [2.75, 3.05) is 66.0 Å². The zero-order valence-electron chi connectivity index (χ0n) is 30.2. The Morgan fingerprint density at radius 2 is 1.87 bits per heavy atom. The van der Waals surface area contributed by atoms with Gasteiger partial charge in [-0.3, -0.25) is 34.4 Å². The molecule has 3 aromatic heterocycles. The maximum Gasteiger partial charge on any atom is 0.300 e. The number of imide groups is 1. The molecule has 55 heavy (non-hydrogen) atoms. The summed E-state index contributed by atoms with van der Waals surface area (Å²) in [6, 6.07) is 10.9. The number of piperazine rings is 1. The molecule has 0 bridgehead atoms. The first-order valence-corrected chi connectivity index (χ1v) is 18.5. The Hall–Kier alpha value is -6.07. The Kier molecular flexibility index (Phi) is 8.81. The molecule has 1 unspecified atom stereocenters. The number of nitrogens with zero attached hydrogens (tertiary/aromatic N) is 8. The van der Waals surface area contributed by atoms with E-state index in [-0.39, 0.29) is 30.7 Å². The van der Waals surface area contributed by atoms with Gasteiger partial charge in [-0.1, -0.05) is 12.1 Å². The molecule has 5 aliphatic rings. The number of aryl methyl sites for hydroxylation is 1.